The molecule has 0 fully saturated rings. The highest BCUT2D eigenvalue weighted by atomic mass is 32.2. The van der Waals surface area contributed by atoms with Crippen LogP contribution in [0.4, 0.5) is 0 Å². The SMILES string of the molecule is CC(C)CS(=O)(=O)NC(CCN(C)C)c1ccccc1. The fraction of sp³-hybridized carbons (Fsp3) is 0.600. The third kappa shape index (κ3) is 6.50. The Hall–Kier alpha value is -0.910. The summed E-state index contributed by atoms with van der Waals surface area (Å²) in [6, 6.07) is 9.59. The molecule has 0 bridgehead atoms. The number of nitrogens with one attached hydrogen (secondary N) is 1. The lowest BCUT2D eigenvalue weighted by atomic mass is 10.0. The molecule has 1 unspecified atom stereocenters. The molecule has 0 aliphatic heterocycles. The van der Waals surface area contributed by atoms with Crippen LogP contribution >= 0.6 is 0 Å². The summed E-state index contributed by atoms with van der Waals surface area (Å²) in [4.78, 5) is 2.06. The summed E-state index contributed by atoms with van der Waals surface area (Å²) in [6.07, 6.45) is 0.758. The first-order valence-electron chi connectivity index (χ1n) is 7.00. The van der Waals surface area contributed by atoms with Gasteiger partial charge in [-0.25, -0.2) is 13.1 Å². The van der Waals surface area contributed by atoms with Gasteiger partial charge in [-0.2, -0.15) is 0 Å². The van der Waals surface area contributed by atoms with Crippen molar-refractivity contribution in [3.05, 3.63) is 35.9 Å². The second-order valence-electron chi connectivity index (χ2n) is 5.85. The Labute approximate surface area is 123 Å². The van der Waals surface area contributed by atoms with Crippen molar-refractivity contribution in [1.29, 1.82) is 0 Å². The number of benzene rings is 1. The summed E-state index contributed by atoms with van der Waals surface area (Å²) in [5.74, 6) is 0.288. The molecule has 0 heterocycles. The molecule has 1 aromatic carbocycles. The van der Waals surface area contributed by atoms with Gasteiger partial charge in [0.05, 0.1) is 5.75 Å². The molecule has 0 radical (unpaired) electrons. The first-order valence-corrected chi connectivity index (χ1v) is 8.65. The van der Waals surface area contributed by atoms with Crippen LogP contribution in [-0.4, -0.2) is 39.7 Å². The maximum absolute atomic E-state index is 12.1. The standard InChI is InChI=1S/C15H26N2O2S/c1-13(2)12-20(18,19)16-15(10-11-17(3)4)14-8-6-5-7-9-14/h5-9,13,15-16H,10-12H2,1-4H3. The van der Waals surface area contributed by atoms with E-state index in [0.29, 0.717) is 0 Å². The van der Waals surface area contributed by atoms with Gasteiger partial charge in [0.25, 0.3) is 0 Å². The van der Waals surface area contributed by atoms with Gasteiger partial charge < -0.3 is 4.90 Å². The van der Waals surface area contributed by atoms with Crippen molar-refractivity contribution in [2.75, 3.05) is 26.4 Å². The van der Waals surface area contributed by atoms with Gasteiger partial charge in [-0.15, -0.1) is 0 Å². The van der Waals surface area contributed by atoms with Crippen LogP contribution in [0.5, 0.6) is 0 Å². The van der Waals surface area contributed by atoms with Crippen LogP contribution in [0.15, 0.2) is 30.3 Å². The molecule has 5 heteroatoms. The summed E-state index contributed by atoms with van der Waals surface area (Å²) in [6.45, 7) is 4.66. The number of sulfonamides is 1. The minimum Gasteiger partial charge on any atom is -0.309 e. The third-order valence-corrected chi connectivity index (χ3v) is 4.69. The zero-order valence-corrected chi connectivity index (χ0v) is 13.7. The highest BCUT2D eigenvalue weighted by molar-refractivity contribution is 7.89. The van der Waals surface area contributed by atoms with Crippen LogP contribution in [-0.2, 0) is 10.0 Å². The van der Waals surface area contributed by atoms with Gasteiger partial charge in [0, 0.05) is 6.04 Å². The molecule has 1 N–H and O–H groups in total. The number of hydrogen-bond donors (Lipinski definition) is 1. The highest BCUT2D eigenvalue weighted by Crippen LogP contribution is 2.18. The Kier molecular flexibility index (Phi) is 6.65. The van der Waals surface area contributed by atoms with Gasteiger partial charge in [-0.05, 0) is 38.5 Å². The lowest BCUT2D eigenvalue weighted by molar-refractivity contribution is 0.374. The van der Waals surface area contributed by atoms with Crippen molar-refractivity contribution in [3.8, 4) is 0 Å². The van der Waals surface area contributed by atoms with E-state index < -0.39 is 10.0 Å². The Morgan fingerprint density at radius 1 is 1.15 bits per heavy atom. The quantitative estimate of drug-likeness (QED) is 0.801. The van der Waals surface area contributed by atoms with Gasteiger partial charge in [-0.3, -0.25) is 0 Å². The Morgan fingerprint density at radius 3 is 2.25 bits per heavy atom. The molecule has 0 aromatic heterocycles. The van der Waals surface area contributed by atoms with Gasteiger partial charge in [-0.1, -0.05) is 44.2 Å². The van der Waals surface area contributed by atoms with Gasteiger partial charge in [0.1, 0.15) is 0 Å². The average Bonchev–Trinajstić information content (AvgIpc) is 2.33. The molecule has 0 saturated heterocycles. The summed E-state index contributed by atoms with van der Waals surface area (Å²) in [7, 11) is 0.737. The zero-order valence-electron chi connectivity index (χ0n) is 12.8. The fourth-order valence-corrected chi connectivity index (χ4v) is 3.73. The summed E-state index contributed by atoms with van der Waals surface area (Å²) in [5, 5.41) is 0. The molecule has 0 aliphatic rings. The summed E-state index contributed by atoms with van der Waals surface area (Å²) < 4.78 is 27.1. The first-order chi connectivity index (χ1) is 9.30. The van der Waals surface area contributed by atoms with E-state index in [1.165, 1.54) is 0 Å². The van der Waals surface area contributed by atoms with Crippen LogP contribution in [0.3, 0.4) is 0 Å². The minimum atomic E-state index is -3.24. The molecule has 0 spiro atoms. The molecule has 4 nitrogen and oxygen atoms in total. The lowest BCUT2D eigenvalue weighted by Crippen LogP contribution is -2.33. The van der Waals surface area contributed by atoms with Crippen LogP contribution in [0.2, 0.25) is 0 Å². The Bertz CT molecular complexity index is 484. The average molecular weight is 298 g/mol. The predicted molar refractivity (Wildman–Crippen MR) is 84.1 cm³/mol. The normalized spacial score (nSPS) is 13.9. The van der Waals surface area contributed by atoms with Crippen LogP contribution < -0.4 is 4.72 Å². The Morgan fingerprint density at radius 2 is 1.75 bits per heavy atom. The fourth-order valence-electron chi connectivity index (χ4n) is 2.07. The molecule has 114 valence electrons. The molecule has 0 amide bonds. The largest absolute Gasteiger partial charge is 0.309 e. The highest BCUT2D eigenvalue weighted by Gasteiger charge is 2.20. The maximum atomic E-state index is 12.1. The van der Waals surface area contributed by atoms with E-state index in [1.807, 2.05) is 58.3 Å². The van der Waals surface area contributed by atoms with E-state index in [2.05, 4.69) is 9.62 Å². The first kappa shape index (κ1) is 17.1. The molecule has 0 saturated carbocycles. The lowest BCUT2D eigenvalue weighted by Gasteiger charge is -2.21. The molecule has 1 atom stereocenters. The molecule has 1 aromatic rings. The number of rotatable bonds is 8. The van der Waals surface area contributed by atoms with Gasteiger partial charge in [0.15, 0.2) is 0 Å². The second-order valence-corrected chi connectivity index (χ2v) is 7.65. The zero-order chi connectivity index (χ0) is 15.2. The van der Waals surface area contributed by atoms with Crippen molar-refractivity contribution < 1.29 is 8.42 Å². The van der Waals surface area contributed by atoms with Crippen LogP contribution in [0.1, 0.15) is 31.9 Å². The molecular weight excluding hydrogens is 272 g/mol. The monoisotopic (exact) mass is 298 g/mol. The maximum Gasteiger partial charge on any atom is 0.212 e. The predicted octanol–water partition coefficient (Wildman–Crippen LogP) is 2.25. The number of nitrogens with zero attached hydrogens (tertiary/aromatic N) is 1. The van der Waals surface area contributed by atoms with E-state index in [-0.39, 0.29) is 17.7 Å². The van der Waals surface area contributed by atoms with Crippen molar-refractivity contribution in [3.63, 3.8) is 0 Å². The van der Waals surface area contributed by atoms with E-state index in [9.17, 15) is 8.42 Å². The van der Waals surface area contributed by atoms with Gasteiger partial charge >= 0.3 is 0 Å². The molecule has 1 rings (SSSR count). The summed E-state index contributed by atoms with van der Waals surface area (Å²) in [5.41, 5.74) is 1.02. The molecule has 20 heavy (non-hydrogen) atoms. The smallest absolute Gasteiger partial charge is 0.212 e. The minimum absolute atomic E-state index is 0.123. The Balaban J connectivity index is 2.83. The molecule has 0 aliphatic carbocycles. The van der Waals surface area contributed by atoms with Crippen LogP contribution in [0, 0.1) is 5.92 Å². The van der Waals surface area contributed by atoms with Crippen molar-refractivity contribution in [2.45, 2.75) is 26.3 Å². The number of hydrogen-bond acceptors (Lipinski definition) is 3. The van der Waals surface area contributed by atoms with Gasteiger partial charge in [0.2, 0.25) is 10.0 Å². The second kappa shape index (κ2) is 7.76. The summed E-state index contributed by atoms with van der Waals surface area (Å²) >= 11 is 0. The van der Waals surface area contributed by atoms with Crippen molar-refractivity contribution in [2.24, 2.45) is 5.92 Å². The van der Waals surface area contributed by atoms with E-state index >= 15 is 0 Å². The van der Waals surface area contributed by atoms with Crippen LogP contribution in [0.25, 0.3) is 0 Å². The van der Waals surface area contributed by atoms with E-state index in [4.69, 9.17) is 0 Å². The van der Waals surface area contributed by atoms with Crippen molar-refractivity contribution in [1.82, 2.24) is 9.62 Å². The van der Waals surface area contributed by atoms with E-state index in [0.717, 1.165) is 18.5 Å². The van der Waals surface area contributed by atoms with E-state index in [1.54, 1.807) is 0 Å². The van der Waals surface area contributed by atoms with Crippen molar-refractivity contribution >= 4 is 10.0 Å². The molecular formula is C15H26N2O2S. The third-order valence-electron chi connectivity index (χ3n) is 2.94. The topological polar surface area (TPSA) is 49.4 Å².